The Morgan fingerprint density at radius 2 is 2.00 bits per heavy atom. The van der Waals surface area contributed by atoms with Crippen LogP contribution in [0.4, 0.5) is 10.5 Å². The molecule has 3 N–H and O–H groups in total. The number of rotatable bonds is 4. The lowest BCUT2D eigenvalue weighted by molar-refractivity contribution is -0.142. The Labute approximate surface area is 203 Å². The van der Waals surface area contributed by atoms with Crippen LogP contribution in [0.5, 0.6) is 0 Å². The summed E-state index contributed by atoms with van der Waals surface area (Å²) in [5.41, 5.74) is 4.09. The number of methoxy groups -OCH3 is 1. The molecule has 1 fully saturated rings. The van der Waals surface area contributed by atoms with Crippen molar-refractivity contribution < 1.29 is 19.1 Å². The number of ether oxygens (including phenoxy) is 1. The number of benzene rings is 2. The summed E-state index contributed by atoms with van der Waals surface area (Å²) in [6.07, 6.45) is 3.88. The summed E-state index contributed by atoms with van der Waals surface area (Å²) in [6, 6.07) is 9.88. The van der Waals surface area contributed by atoms with Crippen LogP contribution >= 0.6 is 0 Å². The number of piperidine rings is 1. The normalized spacial score (nSPS) is 17.8. The first-order valence-corrected chi connectivity index (χ1v) is 11.9. The van der Waals surface area contributed by atoms with Gasteiger partial charge < -0.3 is 15.4 Å². The molecule has 3 heterocycles. The van der Waals surface area contributed by atoms with Crippen LogP contribution in [0.3, 0.4) is 0 Å². The molecule has 3 aromatic rings. The van der Waals surface area contributed by atoms with Crippen LogP contribution in [0.15, 0.2) is 42.6 Å². The standard InChI is InChI=1S/C26H29N5O4/c1-16-11-17(12-18-15-28-30-23(16)18)13-20(24(33)35-2)29-25(34)31-21-6-4-3-5-19(21)26(14-22(31)32)7-9-27-10-8-26/h3-6,11-12,15,20,27H,7-10,13-14H2,1-2H3,(H,28,30)(H,29,34). The Hall–Kier alpha value is -3.72. The van der Waals surface area contributed by atoms with Gasteiger partial charge in [-0.2, -0.15) is 5.10 Å². The maximum Gasteiger partial charge on any atom is 0.329 e. The number of esters is 1. The third kappa shape index (κ3) is 4.16. The predicted molar refractivity (Wildman–Crippen MR) is 131 cm³/mol. The first-order valence-electron chi connectivity index (χ1n) is 11.9. The fourth-order valence-electron chi connectivity index (χ4n) is 5.50. The first kappa shape index (κ1) is 23.0. The number of fused-ring (bicyclic) bond motifs is 3. The van der Waals surface area contributed by atoms with Gasteiger partial charge in [0.05, 0.1) is 24.5 Å². The minimum absolute atomic E-state index is 0.222. The zero-order valence-corrected chi connectivity index (χ0v) is 19.9. The molecule has 1 unspecified atom stereocenters. The van der Waals surface area contributed by atoms with Gasteiger partial charge in [0.1, 0.15) is 6.04 Å². The average molecular weight is 476 g/mol. The number of hydrogen-bond acceptors (Lipinski definition) is 6. The summed E-state index contributed by atoms with van der Waals surface area (Å²) in [5, 5.41) is 14.1. The maximum absolute atomic E-state index is 13.5. The molecule has 2 aliphatic heterocycles. The highest BCUT2D eigenvalue weighted by Gasteiger charge is 2.45. The van der Waals surface area contributed by atoms with Crippen LogP contribution in [0, 0.1) is 6.92 Å². The Morgan fingerprint density at radius 3 is 2.77 bits per heavy atom. The van der Waals surface area contributed by atoms with Crippen molar-refractivity contribution in [2.45, 2.75) is 44.1 Å². The lowest BCUT2D eigenvalue weighted by Crippen LogP contribution is -2.56. The third-order valence-corrected chi connectivity index (χ3v) is 7.25. The fourth-order valence-corrected chi connectivity index (χ4v) is 5.50. The maximum atomic E-state index is 13.5. The van der Waals surface area contributed by atoms with Crippen LogP contribution in [0.25, 0.3) is 10.9 Å². The molecule has 9 nitrogen and oxygen atoms in total. The summed E-state index contributed by atoms with van der Waals surface area (Å²) in [4.78, 5) is 40.6. The van der Waals surface area contributed by atoms with Gasteiger partial charge in [0.15, 0.2) is 0 Å². The largest absolute Gasteiger partial charge is 0.467 e. The van der Waals surface area contributed by atoms with Gasteiger partial charge in [-0.25, -0.2) is 14.5 Å². The lowest BCUT2D eigenvalue weighted by Gasteiger charge is -2.44. The Balaban J connectivity index is 1.43. The van der Waals surface area contributed by atoms with E-state index in [4.69, 9.17) is 4.74 Å². The van der Waals surface area contributed by atoms with Crippen molar-refractivity contribution in [1.29, 1.82) is 0 Å². The summed E-state index contributed by atoms with van der Waals surface area (Å²) in [5.74, 6) is -0.835. The van der Waals surface area contributed by atoms with Crippen molar-refractivity contribution in [3.63, 3.8) is 0 Å². The molecule has 9 heteroatoms. The minimum Gasteiger partial charge on any atom is -0.467 e. The molecule has 0 bridgehead atoms. The molecule has 1 spiro atoms. The van der Waals surface area contributed by atoms with E-state index in [0.29, 0.717) is 5.69 Å². The van der Waals surface area contributed by atoms with Gasteiger partial charge in [-0.3, -0.25) is 9.89 Å². The SMILES string of the molecule is COC(=O)C(Cc1cc(C)c2[nH]ncc2c1)NC(=O)N1C(=O)CC2(CCNCC2)c2ccccc21. The van der Waals surface area contributed by atoms with E-state index in [1.54, 1.807) is 12.3 Å². The molecular weight excluding hydrogens is 446 g/mol. The molecule has 5 rings (SSSR count). The number of nitrogens with one attached hydrogen (secondary N) is 3. The van der Waals surface area contributed by atoms with Crippen LogP contribution in [0.1, 0.15) is 36.0 Å². The van der Waals surface area contributed by atoms with Crippen molar-refractivity contribution in [2.24, 2.45) is 0 Å². The number of H-pyrrole nitrogens is 1. The summed E-state index contributed by atoms with van der Waals surface area (Å²) in [7, 11) is 1.29. The average Bonchev–Trinajstić information content (AvgIpc) is 3.33. The number of para-hydroxylation sites is 1. The lowest BCUT2D eigenvalue weighted by atomic mass is 9.68. The van der Waals surface area contributed by atoms with Crippen LogP contribution in [-0.4, -0.2) is 54.3 Å². The smallest absolute Gasteiger partial charge is 0.329 e. The van der Waals surface area contributed by atoms with E-state index in [-0.39, 0.29) is 24.2 Å². The second-order valence-corrected chi connectivity index (χ2v) is 9.43. The van der Waals surface area contributed by atoms with Crippen LogP contribution in [0.2, 0.25) is 0 Å². The quantitative estimate of drug-likeness (QED) is 0.500. The monoisotopic (exact) mass is 475 g/mol. The molecule has 2 aromatic carbocycles. The molecule has 1 aromatic heterocycles. The molecule has 0 radical (unpaired) electrons. The van der Waals surface area contributed by atoms with Crippen molar-refractivity contribution in [3.8, 4) is 0 Å². The number of imide groups is 1. The number of carbonyl (C=O) groups excluding carboxylic acids is 3. The Kier molecular flexibility index (Phi) is 6.02. The summed E-state index contributed by atoms with van der Waals surface area (Å²) in [6.45, 7) is 3.62. The third-order valence-electron chi connectivity index (χ3n) is 7.25. The summed E-state index contributed by atoms with van der Waals surface area (Å²) >= 11 is 0. The number of amides is 3. The fraction of sp³-hybridized carbons (Fsp3) is 0.385. The minimum atomic E-state index is -0.953. The highest BCUT2D eigenvalue weighted by molar-refractivity contribution is 6.17. The van der Waals surface area contributed by atoms with Gasteiger partial charge in [-0.1, -0.05) is 24.3 Å². The van der Waals surface area contributed by atoms with E-state index in [0.717, 1.165) is 53.5 Å². The van der Waals surface area contributed by atoms with E-state index in [1.807, 2.05) is 37.3 Å². The number of carbonyl (C=O) groups is 3. The number of hydrogen-bond donors (Lipinski definition) is 3. The number of nitrogens with zero attached hydrogens (tertiary/aromatic N) is 2. The van der Waals surface area contributed by atoms with Gasteiger partial charge in [0, 0.05) is 23.6 Å². The van der Waals surface area contributed by atoms with Crippen molar-refractivity contribution in [1.82, 2.24) is 20.8 Å². The van der Waals surface area contributed by atoms with Gasteiger partial charge in [-0.15, -0.1) is 0 Å². The number of aromatic nitrogens is 2. The zero-order valence-electron chi connectivity index (χ0n) is 19.9. The van der Waals surface area contributed by atoms with Crippen LogP contribution < -0.4 is 15.5 Å². The molecule has 0 aliphatic carbocycles. The van der Waals surface area contributed by atoms with E-state index in [9.17, 15) is 14.4 Å². The molecule has 0 saturated carbocycles. The van der Waals surface area contributed by atoms with Crippen molar-refractivity contribution in [2.75, 3.05) is 25.1 Å². The Morgan fingerprint density at radius 1 is 1.23 bits per heavy atom. The van der Waals surface area contributed by atoms with Gasteiger partial charge >= 0.3 is 12.0 Å². The highest BCUT2D eigenvalue weighted by atomic mass is 16.5. The second kappa shape index (κ2) is 9.14. The predicted octanol–water partition coefficient (Wildman–Crippen LogP) is 2.72. The number of anilines is 1. The van der Waals surface area contributed by atoms with E-state index >= 15 is 0 Å². The molecule has 2 aliphatic rings. The van der Waals surface area contributed by atoms with Crippen molar-refractivity contribution in [3.05, 3.63) is 59.3 Å². The first-order chi connectivity index (χ1) is 16.9. The number of aromatic amines is 1. The topological polar surface area (TPSA) is 116 Å². The number of urea groups is 1. The second-order valence-electron chi connectivity index (χ2n) is 9.43. The van der Waals surface area contributed by atoms with E-state index < -0.39 is 18.0 Å². The molecule has 35 heavy (non-hydrogen) atoms. The van der Waals surface area contributed by atoms with Crippen molar-refractivity contribution >= 4 is 34.5 Å². The molecule has 3 amide bonds. The Bertz CT molecular complexity index is 1290. The summed E-state index contributed by atoms with van der Waals surface area (Å²) < 4.78 is 4.98. The zero-order chi connectivity index (χ0) is 24.6. The van der Waals surface area contributed by atoms with Gasteiger partial charge in [-0.05, 0) is 61.7 Å². The molecule has 182 valence electrons. The van der Waals surface area contributed by atoms with Gasteiger partial charge in [0.2, 0.25) is 5.91 Å². The van der Waals surface area contributed by atoms with Crippen LogP contribution in [-0.2, 0) is 26.2 Å². The van der Waals surface area contributed by atoms with Gasteiger partial charge in [0.25, 0.3) is 0 Å². The molecule has 1 atom stereocenters. The highest BCUT2D eigenvalue weighted by Crippen LogP contribution is 2.45. The molecular formula is C26H29N5O4. The number of aryl methyl sites for hydroxylation is 1. The van der Waals surface area contributed by atoms with E-state index in [2.05, 4.69) is 20.8 Å². The van der Waals surface area contributed by atoms with E-state index in [1.165, 1.54) is 12.0 Å². The molecule has 1 saturated heterocycles.